The summed E-state index contributed by atoms with van der Waals surface area (Å²) < 4.78 is 0.822. The molecule has 0 saturated heterocycles. The van der Waals surface area contributed by atoms with Gasteiger partial charge in [-0.15, -0.1) is 0 Å². The van der Waals surface area contributed by atoms with Gasteiger partial charge in [-0.05, 0) is 28.4 Å². The third-order valence-electron chi connectivity index (χ3n) is 2.24. The van der Waals surface area contributed by atoms with E-state index in [1.165, 1.54) is 0 Å². The van der Waals surface area contributed by atoms with Crippen molar-refractivity contribution in [3.05, 3.63) is 38.1 Å². The van der Waals surface area contributed by atoms with Crippen molar-refractivity contribution in [2.24, 2.45) is 0 Å². The molecule has 0 radical (unpaired) electrons. The van der Waals surface area contributed by atoms with Crippen LogP contribution in [0.15, 0.2) is 21.5 Å². The maximum absolute atomic E-state index is 10.8. The molecule has 0 aliphatic carbocycles. The van der Waals surface area contributed by atoms with Crippen molar-refractivity contribution >= 4 is 33.3 Å². The monoisotopic (exact) mass is 331 g/mol. The van der Waals surface area contributed by atoms with Gasteiger partial charge in [0.1, 0.15) is 11.6 Å². The Morgan fingerprint density at radius 1 is 1.50 bits per heavy atom. The zero-order chi connectivity index (χ0) is 13.0. The van der Waals surface area contributed by atoms with Crippen molar-refractivity contribution in [1.29, 1.82) is 0 Å². The summed E-state index contributed by atoms with van der Waals surface area (Å²) in [5.41, 5.74) is -0.278. The minimum Gasteiger partial charge on any atom is -0.369 e. The van der Waals surface area contributed by atoms with Crippen LogP contribution in [0.4, 0.5) is 5.82 Å². The van der Waals surface area contributed by atoms with Crippen LogP contribution in [0.25, 0.3) is 0 Å². The number of aromatic nitrogens is 4. The van der Waals surface area contributed by atoms with Crippen LogP contribution in [0.1, 0.15) is 12.2 Å². The molecule has 0 aliphatic heterocycles. The zero-order valence-electron chi connectivity index (χ0n) is 9.33. The molecule has 2 aromatic rings. The number of nitrogens with one attached hydrogen (secondary N) is 3. The molecule has 2 rings (SSSR count). The molecule has 6 nitrogen and oxygen atoms in total. The zero-order valence-corrected chi connectivity index (χ0v) is 11.7. The standard InChI is InChI=1S/C10H11BrClN5O/c11-7-4-6(12)5-14-9(7)13-3-1-2-8-15-10(18)17-16-8/h4-5H,1-3H2,(H,13,14)(H2,15,16,17,18). The molecule has 0 amide bonds. The van der Waals surface area contributed by atoms with E-state index in [1.807, 2.05) is 0 Å². The molecule has 96 valence electrons. The molecule has 2 heterocycles. The number of aryl methyl sites for hydroxylation is 1. The normalized spacial score (nSPS) is 10.6. The molecule has 3 N–H and O–H groups in total. The third kappa shape index (κ3) is 3.58. The van der Waals surface area contributed by atoms with E-state index in [1.54, 1.807) is 12.3 Å². The predicted octanol–water partition coefficient (Wildman–Crippen LogP) is 1.95. The molecule has 18 heavy (non-hydrogen) atoms. The number of halogens is 2. The van der Waals surface area contributed by atoms with E-state index < -0.39 is 0 Å². The minimum atomic E-state index is -0.278. The van der Waals surface area contributed by atoms with Gasteiger partial charge >= 0.3 is 5.69 Å². The number of hydrogen-bond donors (Lipinski definition) is 3. The van der Waals surface area contributed by atoms with Crippen LogP contribution >= 0.6 is 27.5 Å². The number of hydrogen-bond acceptors (Lipinski definition) is 4. The number of H-pyrrole nitrogens is 2. The molecule has 0 saturated carbocycles. The van der Waals surface area contributed by atoms with Crippen molar-refractivity contribution in [2.45, 2.75) is 12.8 Å². The molecule has 0 atom stereocenters. The maximum atomic E-state index is 10.8. The van der Waals surface area contributed by atoms with Crippen molar-refractivity contribution < 1.29 is 0 Å². The summed E-state index contributed by atoms with van der Waals surface area (Å²) in [6, 6.07) is 1.78. The minimum absolute atomic E-state index is 0.278. The maximum Gasteiger partial charge on any atom is 0.340 e. The highest BCUT2D eigenvalue weighted by molar-refractivity contribution is 9.10. The van der Waals surface area contributed by atoms with E-state index >= 15 is 0 Å². The summed E-state index contributed by atoms with van der Waals surface area (Å²) in [5.74, 6) is 1.40. The average molecular weight is 333 g/mol. The highest BCUT2D eigenvalue weighted by Crippen LogP contribution is 2.22. The van der Waals surface area contributed by atoms with Gasteiger partial charge in [0.05, 0.1) is 9.50 Å². The second-order valence-corrected chi connectivity index (χ2v) is 4.93. The van der Waals surface area contributed by atoms with Gasteiger partial charge in [-0.1, -0.05) is 11.6 Å². The van der Waals surface area contributed by atoms with Gasteiger partial charge in [-0.25, -0.2) is 14.9 Å². The molecule has 2 aromatic heterocycles. The first-order valence-corrected chi connectivity index (χ1v) is 6.51. The summed E-state index contributed by atoms with van der Waals surface area (Å²) in [5, 5.41) is 9.91. The van der Waals surface area contributed by atoms with Gasteiger partial charge in [-0.2, -0.15) is 5.10 Å². The number of pyridine rings is 1. The van der Waals surface area contributed by atoms with Crippen LogP contribution in [0.2, 0.25) is 5.02 Å². The van der Waals surface area contributed by atoms with Gasteiger partial charge in [0.25, 0.3) is 0 Å². The van der Waals surface area contributed by atoms with Crippen LogP contribution in [-0.4, -0.2) is 26.7 Å². The highest BCUT2D eigenvalue weighted by atomic mass is 79.9. The topological polar surface area (TPSA) is 86.5 Å². The number of anilines is 1. The Hall–Kier alpha value is -1.34. The molecule has 0 bridgehead atoms. The summed E-state index contributed by atoms with van der Waals surface area (Å²) >= 11 is 9.17. The molecule has 8 heteroatoms. The number of aromatic amines is 2. The van der Waals surface area contributed by atoms with Crippen LogP contribution in [0.5, 0.6) is 0 Å². The number of nitrogens with zero attached hydrogens (tertiary/aromatic N) is 2. The lowest BCUT2D eigenvalue weighted by Gasteiger charge is -2.06. The molecular weight excluding hydrogens is 322 g/mol. The Morgan fingerprint density at radius 2 is 2.33 bits per heavy atom. The summed E-state index contributed by atoms with van der Waals surface area (Å²) in [4.78, 5) is 17.6. The molecule has 0 spiro atoms. The Bertz CT molecular complexity index is 582. The van der Waals surface area contributed by atoms with Crippen molar-refractivity contribution in [2.75, 3.05) is 11.9 Å². The van der Waals surface area contributed by atoms with E-state index in [2.05, 4.69) is 41.4 Å². The summed E-state index contributed by atoms with van der Waals surface area (Å²) in [7, 11) is 0. The first-order chi connectivity index (χ1) is 8.65. The van der Waals surface area contributed by atoms with E-state index in [0.717, 1.165) is 23.3 Å². The molecule has 0 aromatic carbocycles. The van der Waals surface area contributed by atoms with E-state index in [0.29, 0.717) is 17.3 Å². The first kappa shape index (κ1) is 13.1. The van der Waals surface area contributed by atoms with E-state index in [4.69, 9.17) is 11.6 Å². The van der Waals surface area contributed by atoms with Crippen LogP contribution < -0.4 is 11.0 Å². The van der Waals surface area contributed by atoms with E-state index in [-0.39, 0.29) is 5.69 Å². The Balaban J connectivity index is 1.80. The fourth-order valence-electron chi connectivity index (χ4n) is 1.43. The summed E-state index contributed by atoms with van der Waals surface area (Å²) in [6.45, 7) is 0.724. The lowest BCUT2D eigenvalue weighted by Crippen LogP contribution is -2.06. The lowest BCUT2D eigenvalue weighted by molar-refractivity contribution is 0.803. The SMILES string of the molecule is O=c1[nH]nc(CCCNc2ncc(Cl)cc2Br)[nH]1. The van der Waals surface area contributed by atoms with Crippen LogP contribution in [0.3, 0.4) is 0 Å². The van der Waals surface area contributed by atoms with Crippen LogP contribution in [0, 0.1) is 0 Å². The van der Waals surface area contributed by atoms with Gasteiger partial charge in [0, 0.05) is 19.2 Å². The molecular formula is C10H11BrClN5O. The smallest absolute Gasteiger partial charge is 0.340 e. The van der Waals surface area contributed by atoms with Gasteiger partial charge < -0.3 is 5.32 Å². The predicted molar refractivity (Wildman–Crippen MR) is 73.0 cm³/mol. The largest absolute Gasteiger partial charge is 0.369 e. The van der Waals surface area contributed by atoms with Crippen molar-refractivity contribution in [1.82, 2.24) is 20.2 Å². The first-order valence-electron chi connectivity index (χ1n) is 5.33. The summed E-state index contributed by atoms with van der Waals surface area (Å²) in [6.07, 6.45) is 3.11. The average Bonchev–Trinajstić information content (AvgIpc) is 2.73. The van der Waals surface area contributed by atoms with E-state index in [9.17, 15) is 4.79 Å². The second kappa shape index (κ2) is 6.01. The lowest BCUT2D eigenvalue weighted by atomic mass is 10.3. The van der Waals surface area contributed by atoms with Crippen LogP contribution in [-0.2, 0) is 6.42 Å². The fraction of sp³-hybridized carbons (Fsp3) is 0.300. The molecule has 0 unspecified atom stereocenters. The third-order valence-corrected chi connectivity index (χ3v) is 3.05. The van der Waals surface area contributed by atoms with Gasteiger partial charge in [0.2, 0.25) is 0 Å². The Morgan fingerprint density at radius 3 is 3.00 bits per heavy atom. The molecule has 0 fully saturated rings. The molecule has 0 aliphatic rings. The second-order valence-electron chi connectivity index (χ2n) is 3.64. The Labute approximate surface area is 116 Å². The van der Waals surface area contributed by atoms with Gasteiger partial charge in [-0.3, -0.25) is 4.98 Å². The Kier molecular flexibility index (Phi) is 4.38. The van der Waals surface area contributed by atoms with Crippen molar-refractivity contribution in [3.8, 4) is 0 Å². The fourth-order valence-corrected chi connectivity index (χ4v) is 2.21. The van der Waals surface area contributed by atoms with Crippen molar-refractivity contribution in [3.63, 3.8) is 0 Å². The quantitative estimate of drug-likeness (QED) is 0.731. The number of rotatable bonds is 5. The highest BCUT2D eigenvalue weighted by Gasteiger charge is 2.02. The van der Waals surface area contributed by atoms with Gasteiger partial charge in [0.15, 0.2) is 0 Å².